The predicted octanol–water partition coefficient (Wildman–Crippen LogP) is 3.35. The van der Waals surface area contributed by atoms with Crippen molar-refractivity contribution >= 4 is 27.5 Å². The van der Waals surface area contributed by atoms with E-state index in [9.17, 15) is 0 Å². The van der Waals surface area contributed by atoms with E-state index in [0.717, 1.165) is 0 Å². The van der Waals surface area contributed by atoms with Gasteiger partial charge in [-0.05, 0) is 23.7 Å². The zero-order valence-electron chi connectivity index (χ0n) is 5.75. The number of hydrogen-bond acceptors (Lipinski definition) is 3. The normalized spacial score (nSPS) is 10.5. The molecule has 0 atom stereocenters. The molecule has 0 aliphatic rings. The lowest BCUT2D eigenvalue weighted by Gasteiger charge is -1.85. The van der Waals surface area contributed by atoms with Crippen molar-refractivity contribution in [3.8, 4) is 11.5 Å². The van der Waals surface area contributed by atoms with Gasteiger partial charge >= 0.3 is 0 Å². The van der Waals surface area contributed by atoms with Crippen LogP contribution in [0.25, 0.3) is 11.5 Å². The lowest BCUT2D eigenvalue weighted by atomic mass is 10.4. The number of hydrogen-bond donors (Lipinski definition) is 0. The van der Waals surface area contributed by atoms with Crippen molar-refractivity contribution in [2.75, 3.05) is 0 Å². The number of nitrogens with zero attached hydrogens (tertiary/aromatic N) is 1. The molecule has 0 N–H and O–H groups in total. The molecule has 2 aromatic rings. The molecule has 0 unspecified atom stereocenters. The molecule has 5 heteroatoms. The Morgan fingerprint density at radius 1 is 1.25 bits per heavy atom. The molecule has 12 heavy (non-hydrogen) atoms. The van der Waals surface area contributed by atoms with Crippen LogP contribution in [0.5, 0.6) is 0 Å². The summed E-state index contributed by atoms with van der Waals surface area (Å²) in [5.74, 6) is 1.12. The highest BCUT2D eigenvalue weighted by Crippen LogP contribution is 2.26. The average Bonchev–Trinajstić information content (AvgIpc) is 2.58. The lowest BCUT2D eigenvalue weighted by Crippen LogP contribution is -1.62. The minimum Gasteiger partial charge on any atom is -0.441 e. The van der Waals surface area contributed by atoms with Gasteiger partial charge in [0.15, 0.2) is 16.7 Å². The Hall–Kier alpha value is -0.740. The summed E-state index contributed by atoms with van der Waals surface area (Å²) in [7, 11) is 0. The highest BCUT2D eigenvalue weighted by molar-refractivity contribution is 9.10. The Kier molecular flexibility index (Phi) is 1.94. The third kappa shape index (κ3) is 1.40. The van der Waals surface area contributed by atoms with Gasteiger partial charge < -0.3 is 8.83 Å². The van der Waals surface area contributed by atoms with Gasteiger partial charge in [-0.3, -0.25) is 0 Å². The molecule has 3 nitrogen and oxygen atoms in total. The Bertz CT molecular complexity index is 357. The summed E-state index contributed by atoms with van der Waals surface area (Å²) in [5.41, 5.74) is 0. The third-order valence-electron chi connectivity index (χ3n) is 1.29. The number of furan rings is 1. The van der Waals surface area contributed by atoms with Crippen molar-refractivity contribution < 1.29 is 8.83 Å². The average molecular weight is 248 g/mol. The SMILES string of the molecule is Clc1ccc(-c2cnc(Br)o2)o1. The molecule has 0 aromatic carbocycles. The van der Waals surface area contributed by atoms with E-state index in [1.54, 1.807) is 18.3 Å². The highest BCUT2D eigenvalue weighted by atomic mass is 79.9. The van der Waals surface area contributed by atoms with Gasteiger partial charge in [0.1, 0.15) is 0 Å². The highest BCUT2D eigenvalue weighted by Gasteiger charge is 2.07. The molecule has 62 valence electrons. The number of oxazole rings is 1. The fourth-order valence-electron chi connectivity index (χ4n) is 0.813. The topological polar surface area (TPSA) is 39.2 Å². The van der Waals surface area contributed by atoms with Crippen molar-refractivity contribution in [3.05, 3.63) is 28.3 Å². The summed E-state index contributed by atoms with van der Waals surface area (Å²) in [6.07, 6.45) is 1.55. The molecule has 2 heterocycles. The van der Waals surface area contributed by atoms with Gasteiger partial charge in [-0.2, -0.15) is 0 Å². The number of halogens is 2. The molecule has 0 aliphatic heterocycles. The largest absolute Gasteiger partial charge is 0.441 e. The molecule has 0 aliphatic carbocycles. The first-order valence-corrected chi connectivity index (χ1v) is 4.30. The van der Waals surface area contributed by atoms with Crippen LogP contribution in [0.3, 0.4) is 0 Å². The standard InChI is InChI=1S/C7H3BrClNO2/c8-7-10-3-5(12-7)4-1-2-6(9)11-4/h1-3H. The van der Waals surface area contributed by atoms with Gasteiger partial charge in [-0.15, -0.1) is 0 Å². The first-order valence-electron chi connectivity index (χ1n) is 3.13. The van der Waals surface area contributed by atoms with Crippen molar-refractivity contribution in [1.29, 1.82) is 0 Å². The molecule has 0 radical (unpaired) electrons. The Morgan fingerprint density at radius 3 is 2.58 bits per heavy atom. The minimum absolute atomic E-state index is 0.331. The van der Waals surface area contributed by atoms with Crippen molar-refractivity contribution in [2.24, 2.45) is 0 Å². The van der Waals surface area contributed by atoms with Crippen LogP contribution in [-0.2, 0) is 0 Å². The summed E-state index contributed by atoms with van der Waals surface area (Å²) in [4.78, 5) is 4.27. The van der Waals surface area contributed by atoms with E-state index in [0.29, 0.717) is 21.5 Å². The van der Waals surface area contributed by atoms with Gasteiger partial charge in [-0.25, -0.2) is 4.98 Å². The van der Waals surface area contributed by atoms with Gasteiger partial charge in [-0.1, -0.05) is 0 Å². The lowest BCUT2D eigenvalue weighted by molar-refractivity contribution is 0.505. The molecule has 2 aromatic heterocycles. The van der Waals surface area contributed by atoms with Crippen molar-refractivity contribution in [2.45, 2.75) is 0 Å². The zero-order valence-corrected chi connectivity index (χ0v) is 8.09. The second kappa shape index (κ2) is 2.95. The van der Waals surface area contributed by atoms with E-state index in [4.69, 9.17) is 20.4 Å². The van der Waals surface area contributed by atoms with E-state index in [1.165, 1.54) is 0 Å². The quantitative estimate of drug-likeness (QED) is 0.777. The summed E-state index contributed by atoms with van der Waals surface area (Å²) in [6.45, 7) is 0. The monoisotopic (exact) mass is 247 g/mol. The molecule has 0 fully saturated rings. The van der Waals surface area contributed by atoms with Crippen LogP contribution in [0, 0.1) is 0 Å². The van der Waals surface area contributed by atoms with E-state index in [-0.39, 0.29) is 0 Å². The molecule has 0 amide bonds. The summed E-state index contributed by atoms with van der Waals surface area (Å²) in [5, 5.41) is 0.331. The molecule has 2 rings (SSSR count). The van der Waals surface area contributed by atoms with E-state index in [2.05, 4.69) is 20.9 Å². The summed E-state index contributed by atoms with van der Waals surface area (Å²) < 4.78 is 10.2. The van der Waals surface area contributed by atoms with E-state index >= 15 is 0 Å². The number of rotatable bonds is 1. The fourth-order valence-corrected chi connectivity index (χ4v) is 1.24. The van der Waals surface area contributed by atoms with Crippen LogP contribution < -0.4 is 0 Å². The van der Waals surface area contributed by atoms with Gasteiger partial charge in [0.25, 0.3) is 4.80 Å². The Morgan fingerprint density at radius 2 is 2.08 bits per heavy atom. The first-order chi connectivity index (χ1) is 5.75. The Labute approximate surface area is 81.5 Å². The fraction of sp³-hybridized carbons (Fsp3) is 0. The maximum absolute atomic E-state index is 5.58. The van der Waals surface area contributed by atoms with Crippen LogP contribution in [0.4, 0.5) is 0 Å². The molecular weight excluding hydrogens is 245 g/mol. The van der Waals surface area contributed by atoms with Crippen molar-refractivity contribution in [3.63, 3.8) is 0 Å². The van der Waals surface area contributed by atoms with Gasteiger partial charge in [0, 0.05) is 15.9 Å². The molecule has 0 bridgehead atoms. The Balaban J connectivity index is 2.43. The van der Waals surface area contributed by atoms with E-state index < -0.39 is 0 Å². The van der Waals surface area contributed by atoms with Crippen LogP contribution in [0.1, 0.15) is 0 Å². The second-order valence-electron chi connectivity index (χ2n) is 2.08. The third-order valence-corrected chi connectivity index (χ3v) is 1.86. The van der Waals surface area contributed by atoms with Crippen LogP contribution in [0.2, 0.25) is 5.22 Å². The molecule has 0 saturated heterocycles. The maximum Gasteiger partial charge on any atom is 0.264 e. The predicted molar refractivity (Wildman–Crippen MR) is 46.9 cm³/mol. The van der Waals surface area contributed by atoms with Crippen molar-refractivity contribution in [1.82, 2.24) is 4.98 Å². The molecule has 0 saturated carbocycles. The smallest absolute Gasteiger partial charge is 0.264 e. The first kappa shape index (κ1) is 7.89. The second-order valence-corrected chi connectivity index (χ2v) is 3.13. The number of aromatic nitrogens is 1. The summed E-state index contributed by atoms with van der Waals surface area (Å²) >= 11 is 8.66. The van der Waals surface area contributed by atoms with Gasteiger partial charge in [0.2, 0.25) is 0 Å². The zero-order chi connectivity index (χ0) is 8.55. The van der Waals surface area contributed by atoms with E-state index in [1.807, 2.05) is 0 Å². The summed E-state index contributed by atoms with van der Waals surface area (Å²) in [6, 6.07) is 3.36. The molecular formula is C7H3BrClNO2. The maximum atomic E-state index is 5.58. The van der Waals surface area contributed by atoms with Crippen LogP contribution >= 0.6 is 27.5 Å². The van der Waals surface area contributed by atoms with Crippen LogP contribution in [0.15, 0.2) is 32.0 Å². The van der Waals surface area contributed by atoms with Crippen LogP contribution in [-0.4, -0.2) is 4.98 Å². The molecule has 0 spiro atoms. The minimum atomic E-state index is 0.331. The van der Waals surface area contributed by atoms with Gasteiger partial charge in [0.05, 0.1) is 6.20 Å².